The van der Waals surface area contributed by atoms with Gasteiger partial charge in [-0.3, -0.25) is 14.8 Å². The maximum absolute atomic E-state index is 12.0. The maximum Gasteiger partial charge on any atom is 0.224 e. The molecule has 0 fully saturated rings. The van der Waals surface area contributed by atoms with Gasteiger partial charge in [0.05, 0.1) is 18.4 Å². The zero-order valence-electron chi connectivity index (χ0n) is 16.9. The first-order valence-corrected chi connectivity index (χ1v) is 9.99. The molecule has 1 amide bonds. The summed E-state index contributed by atoms with van der Waals surface area (Å²) >= 11 is 0. The Kier molecular flexibility index (Phi) is 7.92. The molecule has 3 aromatic rings. The van der Waals surface area contributed by atoms with Crippen molar-refractivity contribution in [1.82, 2.24) is 4.98 Å². The number of hydrogen-bond donors (Lipinski definition) is 2. The van der Waals surface area contributed by atoms with E-state index in [-0.39, 0.29) is 5.91 Å². The molecule has 3 rings (SSSR count). The summed E-state index contributed by atoms with van der Waals surface area (Å²) < 4.78 is 0. The first-order valence-electron chi connectivity index (χ1n) is 9.99. The van der Waals surface area contributed by atoms with Crippen LogP contribution in [0, 0.1) is 0 Å². The standard InChI is InChI=1S/C25H26N4O/c26-16-23(18-28-17-21-6-2-1-3-7-21)22-13-11-20(12-14-22)8-4-10-25(30)29-24-9-5-15-27-19-24/h1-3,5-7,9,11-16,18-19H,4,8,10,17,26H2,(H,29,30). The van der Waals surface area contributed by atoms with E-state index in [0.717, 1.165) is 35.2 Å². The number of carbonyl (C=O) groups is 1. The van der Waals surface area contributed by atoms with Gasteiger partial charge in [0.1, 0.15) is 0 Å². The van der Waals surface area contributed by atoms with Crippen molar-refractivity contribution in [2.75, 3.05) is 5.32 Å². The van der Waals surface area contributed by atoms with Gasteiger partial charge in [-0.2, -0.15) is 0 Å². The molecule has 1 aromatic heterocycles. The molecule has 0 aliphatic heterocycles. The van der Waals surface area contributed by atoms with Crippen molar-refractivity contribution in [3.63, 3.8) is 0 Å². The molecule has 5 nitrogen and oxygen atoms in total. The normalized spacial score (nSPS) is 11.5. The number of pyridine rings is 1. The average Bonchev–Trinajstić information content (AvgIpc) is 2.79. The second-order valence-corrected chi connectivity index (χ2v) is 6.92. The van der Waals surface area contributed by atoms with E-state index in [1.807, 2.05) is 42.6 Å². The summed E-state index contributed by atoms with van der Waals surface area (Å²) in [7, 11) is 0. The van der Waals surface area contributed by atoms with Crippen molar-refractivity contribution in [2.24, 2.45) is 10.7 Å². The van der Waals surface area contributed by atoms with Gasteiger partial charge in [0.15, 0.2) is 0 Å². The Bertz CT molecular complexity index is 981. The number of aliphatic imine (C=N–C) groups is 1. The van der Waals surface area contributed by atoms with E-state index in [9.17, 15) is 4.79 Å². The zero-order valence-corrected chi connectivity index (χ0v) is 16.9. The highest BCUT2D eigenvalue weighted by molar-refractivity contribution is 6.09. The molecule has 0 bridgehead atoms. The summed E-state index contributed by atoms with van der Waals surface area (Å²) in [6.07, 6.45) is 8.80. The number of amides is 1. The molecular weight excluding hydrogens is 372 g/mol. The molecule has 0 spiro atoms. The number of nitrogens with two attached hydrogens (primary N) is 1. The van der Waals surface area contributed by atoms with E-state index in [1.165, 1.54) is 5.56 Å². The molecule has 0 radical (unpaired) electrons. The Morgan fingerprint density at radius 1 is 1.00 bits per heavy atom. The van der Waals surface area contributed by atoms with Gasteiger partial charge in [-0.25, -0.2) is 0 Å². The fourth-order valence-corrected chi connectivity index (χ4v) is 3.02. The predicted molar refractivity (Wildman–Crippen MR) is 123 cm³/mol. The van der Waals surface area contributed by atoms with Gasteiger partial charge in [-0.15, -0.1) is 0 Å². The van der Waals surface area contributed by atoms with Crippen molar-refractivity contribution in [3.8, 4) is 0 Å². The largest absolute Gasteiger partial charge is 0.404 e. The molecule has 0 saturated carbocycles. The molecule has 0 aliphatic carbocycles. The third-order valence-electron chi connectivity index (χ3n) is 4.63. The molecule has 30 heavy (non-hydrogen) atoms. The number of nitrogens with one attached hydrogen (secondary N) is 1. The van der Waals surface area contributed by atoms with Crippen LogP contribution in [0.4, 0.5) is 5.69 Å². The smallest absolute Gasteiger partial charge is 0.224 e. The molecule has 2 aromatic carbocycles. The molecule has 0 saturated heterocycles. The second-order valence-electron chi connectivity index (χ2n) is 6.92. The van der Waals surface area contributed by atoms with E-state index in [4.69, 9.17) is 5.73 Å². The third kappa shape index (κ3) is 6.71. The highest BCUT2D eigenvalue weighted by atomic mass is 16.1. The number of carbonyl (C=O) groups excluding carboxylic acids is 1. The van der Waals surface area contributed by atoms with Crippen LogP contribution < -0.4 is 11.1 Å². The molecule has 5 heteroatoms. The van der Waals surface area contributed by atoms with Gasteiger partial charge in [0, 0.05) is 30.6 Å². The molecule has 1 heterocycles. The molecule has 3 N–H and O–H groups in total. The predicted octanol–water partition coefficient (Wildman–Crippen LogP) is 4.61. The van der Waals surface area contributed by atoms with E-state index in [2.05, 4.69) is 39.6 Å². The SMILES string of the molecule is NC=C(C=NCc1ccccc1)c1ccc(CCCC(=O)Nc2cccnc2)cc1. The fourth-order valence-electron chi connectivity index (χ4n) is 3.02. The summed E-state index contributed by atoms with van der Waals surface area (Å²) in [5.41, 5.74) is 10.8. The van der Waals surface area contributed by atoms with Crippen molar-refractivity contribution < 1.29 is 4.79 Å². The summed E-state index contributed by atoms with van der Waals surface area (Å²) in [5.74, 6) is 0.00241. The minimum Gasteiger partial charge on any atom is -0.404 e. The van der Waals surface area contributed by atoms with Crippen LogP contribution >= 0.6 is 0 Å². The monoisotopic (exact) mass is 398 g/mol. The first-order chi connectivity index (χ1) is 14.7. The van der Waals surface area contributed by atoms with Crippen LogP contribution in [0.1, 0.15) is 29.5 Å². The number of aromatic nitrogens is 1. The number of allylic oxidation sites excluding steroid dienone is 1. The lowest BCUT2D eigenvalue weighted by molar-refractivity contribution is -0.116. The Hall–Kier alpha value is -3.73. The lowest BCUT2D eigenvalue weighted by atomic mass is 10.0. The van der Waals surface area contributed by atoms with Crippen LogP contribution in [0.5, 0.6) is 0 Å². The third-order valence-corrected chi connectivity index (χ3v) is 4.63. The number of nitrogens with zero attached hydrogens (tertiary/aromatic N) is 2. The van der Waals surface area contributed by atoms with Gasteiger partial charge < -0.3 is 11.1 Å². The van der Waals surface area contributed by atoms with Gasteiger partial charge >= 0.3 is 0 Å². The van der Waals surface area contributed by atoms with Crippen LogP contribution in [-0.2, 0) is 17.8 Å². The number of benzene rings is 2. The zero-order chi connectivity index (χ0) is 21.0. The Morgan fingerprint density at radius 3 is 2.50 bits per heavy atom. The van der Waals surface area contributed by atoms with Crippen LogP contribution in [0.3, 0.4) is 0 Å². The highest BCUT2D eigenvalue weighted by Crippen LogP contribution is 2.15. The first kappa shape index (κ1) is 21.0. The lowest BCUT2D eigenvalue weighted by Crippen LogP contribution is -2.11. The molecule has 0 aliphatic rings. The van der Waals surface area contributed by atoms with Crippen LogP contribution in [0.15, 0.2) is 90.3 Å². The molecular formula is C25H26N4O. The summed E-state index contributed by atoms with van der Waals surface area (Å²) in [6.45, 7) is 0.622. The minimum atomic E-state index is 0.00241. The number of rotatable bonds is 9. The molecule has 0 unspecified atom stereocenters. The quantitative estimate of drug-likeness (QED) is 0.516. The summed E-state index contributed by atoms with van der Waals surface area (Å²) in [4.78, 5) is 20.5. The van der Waals surface area contributed by atoms with Crippen LogP contribution in [0.25, 0.3) is 5.57 Å². The Morgan fingerprint density at radius 2 is 1.80 bits per heavy atom. The number of hydrogen-bond acceptors (Lipinski definition) is 4. The topological polar surface area (TPSA) is 80.4 Å². The maximum atomic E-state index is 12.0. The molecule has 0 atom stereocenters. The van der Waals surface area contributed by atoms with Gasteiger partial charge in [-0.05, 0) is 41.7 Å². The molecule has 152 valence electrons. The van der Waals surface area contributed by atoms with Crippen LogP contribution in [-0.4, -0.2) is 17.1 Å². The highest BCUT2D eigenvalue weighted by Gasteiger charge is 2.04. The Balaban J connectivity index is 1.47. The second kappa shape index (κ2) is 11.3. The minimum absolute atomic E-state index is 0.00241. The van der Waals surface area contributed by atoms with Crippen molar-refractivity contribution in [3.05, 3.63) is 102 Å². The Labute approximate surface area is 177 Å². The van der Waals surface area contributed by atoms with Gasteiger partial charge in [-0.1, -0.05) is 54.6 Å². The summed E-state index contributed by atoms with van der Waals surface area (Å²) in [6, 6.07) is 22.0. The van der Waals surface area contributed by atoms with Crippen LogP contribution in [0.2, 0.25) is 0 Å². The van der Waals surface area contributed by atoms with E-state index < -0.39 is 0 Å². The summed E-state index contributed by atoms with van der Waals surface area (Å²) in [5, 5.41) is 2.85. The van der Waals surface area contributed by atoms with Crippen molar-refractivity contribution in [1.29, 1.82) is 0 Å². The average molecular weight is 399 g/mol. The van der Waals surface area contributed by atoms with Crippen molar-refractivity contribution in [2.45, 2.75) is 25.8 Å². The van der Waals surface area contributed by atoms with E-state index in [0.29, 0.717) is 13.0 Å². The van der Waals surface area contributed by atoms with E-state index >= 15 is 0 Å². The fraction of sp³-hybridized carbons (Fsp3) is 0.160. The number of aryl methyl sites for hydroxylation is 1. The van der Waals surface area contributed by atoms with Gasteiger partial charge in [0.2, 0.25) is 5.91 Å². The van der Waals surface area contributed by atoms with Gasteiger partial charge in [0.25, 0.3) is 0 Å². The van der Waals surface area contributed by atoms with Crippen molar-refractivity contribution >= 4 is 23.4 Å². The lowest BCUT2D eigenvalue weighted by Gasteiger charge is -2.06. The van der Waals surface area contributed by atoms with E-state index in [1.54, 1.807) is 24.7 Å². The number of anilines is 1.